The van der Waals surface area contributed by atoms with Crippen molar-refractivity contribution in [1.29, 1.82) is 0 Å². The minimum atomic E-state index is -0.0781. The van der Waals surface area contributed by atoms with Crippen LogP contribution in [-0.4, -0.2) is 43.8 Å². The Morgan fingerprint density at radius 1 is 1.21 bits per heavy atom. The highest BCUT2D eigenvalue weighted by Crippen LogP contribution is 2.28. The Kier molecular flexibility index (Phi) is 5.74. The Balaban J connectivity index is 1.31. The first-order chi connectivity index (χ1) is 14.1. The molecule has 7 nitrogen and oxygen atoms in total. The number of urea groups is 1. The maximum atomic E-state index is 12.6. The van der Waals surface area contributed by atoms with Gasteiger partial charge in [-0.25, -0.2) is 14.8 Å². The van der Waals surface area contributed by atoms with Crippen molar-refractivity contribution in [3.8, 4) is 0 Å². The van der Waals surface area contributed by atoms with E-state index in [1.165, 1.54) is 0 Å². The summed E-state index contributed by atoms with van der Waals surface area (Å²) in [5.41, 5.74) is 1.86. The first-order valence-electron chi connectivity index (χ1n) is 10.4. The fourth-order valence-electron chi connectivity index (χ4n) is 3.71. The van der Waals surface area contributed by atoms with Gasteiger partial charge in [0, 0.05) is 55.1 Å². The molecule has 3 aromatic heterocycles. The Labute approximate surface area is 171 Å². The molecule has 4 rings (SSSR count). The number of aromatic nitrogens is 4. The number of carbonyl (C=O) groups is 1. The summed E-state index contributed by atoms with van der Waals surface area (Å²) < 4.78 is 1.89. The Hall–Kier alpha value is -2.96. The van der Waals surface area contributed by atoms with Gasteiger partial charge in [-0.2, -0.15) is 5.10 Å². The standard InChI is InChI=1S/C22H28N6O/c1-16(2)7-14-28-15-10-20(26-28)25-22(29)27-12-8-17(9-13-27)19-6-5-18-4-3-11-23-21(18)24-19/h3-6,10-11,15-17H,7-9,12-14H2,1-2H3,(H,25,26,29). The molecule has 1 N–H and O–H groups in total. The molecule has 29 heavy (non-hydrogen) atoms. The van der Waals surface area contributed by atoms with Crippen molar-refractivity contribution in [2.24, 2.45) is 5.92 Å². The first-order valence-corrected chi connectivity index (χ1v) is 10.4. The highest BCUT2D eigenvalue weighted by molar-refractivity contribution is 5.88. The molecule has 4 heterocycles. The lowest BCUT2D eigenvalue weighted by Gasteiger charge is -2.31. The van der Waals surface area contributed by atoms with Crippen LogP contribution in [0.1, 0.15) is 44.7 Å². The fraction of sp³-hybridized carbons (Fsp3) is 0.455. The number of carbonyl (C=O) groups excluding carboxylic acids is 1. The van der Waals surface area contributed by atoms with Crippen molar-refractivity contribution in [1.82, 2.24) is 24.6 Å². The molecular weight excluding hydrogens is 364 g/mol. The number of pyridine rings is 2. The molecule has 1 aliphatic heterocycles. The van der Waals surface area contributed by atoms with E-state index in [1.807, 2.05) is 34.0 Å². The molecule has 0 atom stereocenters. The van der Waals surface area contributed by atoms with E-state index in [4.69, 9.17) is 4.98 Å². The van der Waals surface area contributed by atoms with Crippen molar-refractivity contribution in [2.75, 3.05) is 18.4 Å². The molecule has 0 saturated carbocycles. The van der Waals surface area contributed by atoms with Gasteiger partial charge >= 0.3 is 6.03 Å². The van der Waals surface area contributed by atoms with Crippen molar-refractivity contribution in [3.63, 3.8) is 0 Å². The molecule has 2 amide bonds. The predicted molar refractivity (Wildman–Crippen MR) is 114 cm³/mol. The number of aryl methyl sites for hydroxylation is 1. The minimum absolute atomic E-state index is 0.0781. The van der Waals surface area contributed by atoms with E-state index in [1.54, 1.807) is 6.20 Å². The molecule has 3 aromatic rings. The highest BCUT2D eigenvalue weighted by Gasteiger charge is 2.25. The van der Waals surface area contributed by atoms with E-state index in [2.05, 4.69) is 41.4 Å². The topological polar surface area (TPSA) is 75.9 Å². The van der Waals surface area contributed by atoms with Gasteiger partial charge in [-0.15, -0.1) is 0 Å². The minimum Gasteiger partial charge on any atom is -0.324 e. The normalized spacial score (nSPS) is 15.2. The summed E-state index contributed by atoms with van der Waals surface area (Å²) in [6.45, 7) is 6.69. The monoisotopic (exact) mass is 392 g/mol. The van der Waals surface area contributed by atoms with Gasteiger partial charge in [0.15, 0.2) is 11.5 Å². The maximum absolute atomic E-state index is 12.6. The van der Waals surface area contributed by atoms with E-state index in [0.717, 1.165) is 42.5 Å². The van der Waals surface area contributed by atoms with Gasteiger partial charge in [0.25, 0.3) is 0 Å². The molecule has 7 heteroatoms. The van der Waals surface area contributed by atoms with Crippen LogP contribution in [0.4, 0.5) is 10.6 Å². The SMILES string of the molecule is CC(C)CCn1ccc(NC(=O)N2CCC(c3ccc4cccnc4n3)CC2)n1. The highest BCUT2D eigenvalue weighted by atomic mass is 16.2. The number of fused-ring (bicyclic) bond motifs is 1. The van der Waals surface area contributed by atoms with Gasteiger partial charge in [-0.1, -0.05) is 13.8 Å². The molecule has 1 fully saturated rings. The molecule has 1 saturated heterocycles. The van der Waals surface area contributed by atoms with Gasteiger partial charge in [-0.05, 0) is 49.4 Å². The molecule has 1 aliphatic rings. The van der Waals surface area contributed by atoms with Crippen LogP contribution in [0.5, 0.6) is 0 Å². The van der Waals surface area contributed by atoms with Gasteiger partial charge < -0.3 is 4.90 Å². The summed E-state index contributed by atoms with van der Waals surface area (Å²) in [4.78, 5) is 23.5. The Morgan fingerprint density at radius 2 is 2.03 bits per heavy atom. The second kappa shape index (κ2) is 8.59. The van der Waals surface area contributed by atoms with Crippen LogP contribution in [0.2, 0.25) is 0 Å². The second-order valence-electron chi connectivity index (χ2n) is 8.12. The fourth-order valence-corrected chi connectivity index (χ4v) is 3.71. The number of hydrogen-bond acceptors (Lipinski definition) is 4. The maximum Gasteiger partial charge on any atom is 0.323 e. The van der Waals surface area contributed by atoms with Crippen LogP contribution >= 0.6 is 0 Å². The lowest BCUT2D eigenvalue weighted by molar-refractivity contribution is 0.194. The van der Waals surface area contributed by atoms with E-state index >= 15 is 0 Å². The number of nitrogens with one attached hydrogen (secondary N) is 1. The number of amides is 2. The third kappa shape index (κ3) is 4.72. The second-order valence-corrected chi connectivity index (χ2v) is 8.12. The lowest BCUT2D eigenvalue weighted by atomic mass is 9.93. The zero-order valence-corrected chi connectivity index (χ0v) is 17.1. The average Bonchev–Trinajstić information content (AvgIpc) is 3.19. The summed E-state index contributed by atoms with van der Waals surface area (Å²) in [7, 11) is 0. The van der Waals surface area contributed by atoms with Gasteiger partial charge in [0.05, 0.1) is 0 Å². The molecule has 0 spiro atoms. The van der Waals surface area contributed by atoms with Gasteiger partial charge in [0.2, 0.25) is 0 Å². The molecule has 0 radical (unpaired) electrons. The molecule has 0 bridgehead atoms. The number of hydrogen-bond donors (Lipinski definition) is 1. The van der Waals surface area contributed by atoms with Crippen LogP contribution in [0, 0.1) is 5.92 Å². The summed E-state index contributed by atoms with van der Waals surface area (Å²) in [6, 6.07) is 9.90. The Morgan fingerprint density at radius 3 is 2.83 bits per heavy atom. The summed E-state index contributed by atoms with van der Waals surface area (Å²) >= 11 is 0. The predicted octanol–water partition coefficient (Wildman–Crippen LogP) is 4.28. The van der Waals surface area contributed by atoms with Crippen LogP contribution < -0.4 is 5.32 Å². The van der Waals surface area contributed by atoms with Crippen molar-refractivity contribution < 1.29 is 4.79 Å². The third-order valence-corrected chi connectivity index (χ3v) is 5.50. The number of piperidine rings is 1. The average molecular weight is 393 g/mol. The van der Waals surface area contributed by atoms with Crippen LogP contribution in [0.25, 0.3) is 11.0 Å². The van der Waals surface area contributed by atoms with E-state index in [-0.39, 0.29) is 6.03 Å². The smallest absolute Gasteiger partial charge is 0.323 e. The van der Waals surface area contributed by atoms with Crippen LogP contribution in [0.3, 0.4) is 0 Å². The van der Waals surface area contributed by atoms with Crippen molar-refractivity contribution >= 4 is 22.9 Å². The molecule has 0 aliphatic carbocycles. The van der Waals surface area contributed by atoms with Gasteiger partial charge in [0.1, 0.15) is 0 Å². The van der Waals surface area contributed by atoms with Crippen LogP contribution in [0.15, 0.2) is 42.7 Å². The van der Waals surface area contributed by atoms with Crippen LogP contribution in [-0.2, 0) is 6.54 Å². The summed E-state index contributed by atoms with van der Waals surface area (Å²) in [5, 5.41) is 8.43. The number of rotatable bonds is 5. The quantitative estimate of drug-likeness (QED) is 0.703. The van der Waals surface area contributed by atoms with E-state index in [9.17, 15) is 4.79 Å². The zero-order chi connectivity index (χ0) is 20.2. The summed E-state index contributed by atoms with van der Waals surface area (Å²) in [5.74, 6) is 1.61. The molecule has 0 aromatic carbocycles. The van der Waals surface area contributed by atoms with E-state index in [0.29, 0.717) is 30.7 Å². The number of nitrogens with zero attached hydrogens (tertiary/aromatic N) is 5. The van der Waals surface area contributed by atoms with Gasteiger partial charge in [-0.3, -0.25) is 10.00 Å². The van der Waals surface area contributed by atoms with E-state index < -0.39 is 0 Å². The van der Waals surface area contributed by atoms with Crippen molar-refractivity contribution in [3.05, 3.63) is 48.4 Å². The third-order valence-electron chi connectivity index (χ3n) is 5.50. The Bertz CT molecular complexity index is 974. The number of anilines is 1. The first kappa shape index (κ1) is 19.4. The van der Waals surface area contributed by atoms with Crippen molar-refractivity contribution in [2.45, 2.75) is 45.6 Å². The number of likely N-dealkylation sites (tertiary alicyclic amines) is 1. The lowest BCUT2D eigenvalue weighted by Crippen LogP contribution is -2.40. The summed E-state index contributed by atoms with van der Waals surface area (Å²) in [6.07, 6.45) is 6.57. The molecular formula is C22H28N6O. The zero-order valence-electron chi connectivity index (χ0n) is 17.1. The largest absolute Gasteiger partial charge is 0.324 e. The molecule has 152 valence electrons. The molecule has 0 unspecified atom stereocenters.